The molecule has 0 heterocycles. The molecular weight excluding hydrogens is 96.1 g/mol. The van der Waals surface area contributed by atoms with Gasteiger partial charge in [-0.1, -0.05) is 33.1 Å². The summed E-state index contributed by atoms with van der Waals surface area (Å²) in [5, 5.41) is 0. The minimum Gasteiger partial charge on any atom is -0.0651 e. The van der Waals surface area contributed by atoms with Gasteiger partial charge in [0.15, 0.2) is 0 Å². The molecule has 1 rings (SSSR count). The SMILES string of the molecule is CC[C@H]1CCC(C)C1. The first-order valence-electron chi connectivity index (χ1n) is 3.83. The van der Waals surface area contributed by atoms with Gasteiger partial charge < -0.3 is 0 Å². The summed E-state index contributed by atoms with van der Waals surface area (Å²) < 4.78 is 0. The van der Waals surface area contributed by atoms with E-state index in [4.69, 9.17) is 0 Å². The zero-order chi connectivity index (χ0) is 5.98. The van der Waals surface area contributed by atoms with Gasteiger partial charge in [0.25, 0.3) is 0 Å². The van der Waals surface area contributed by atoms with Gasteiger partial charge in [-0.3, -0.25) is 0 Å². The highest BCUT2D eigenvalue weighted by atomic mass is 14.2. The van der Waals surface area contributed by atoms with Crippen molar-refractivity contribution in [1.82, 2.24) is 0 Å². The molecule has 1 aliphatic rings. The van der Waals surface area contributed by atoms with Crippen LogP contribution >= 0.6 is 0 Å². The van der Waals surface area contributed by atoms with Gasteiger partial charge in [-0.2, -0.15) is 0 Å². The van der Waals surface area contributed by atoms with Gasteiger partial charge in [-0.05, 0) is 18.3 Å². The Morgan fingerprint density at radius 3 is 2.38 bits per heavy atom. The van der Waals surface area contributed by atoms with E-state index in [1.54, 1.807) is 0 Å². The van der Waals surface area contributed by atoms with Crippen molar-refractivity contribution in [3.63, 3.8) is 0 Å². The molecule has 0 saturated heterocycles. The lowest BCUT2D eigenvalue weighted by Gasteiger charge is -2.02. The summed E-state index contributed by atoms with van der Waals surface area (Å²) in [4.78, 5) is 0. The predicted octanol–water partition coefficient (Wildman–Crippen LogP) is 2.83. The second-order valence-electron chi connectivity index (χ2n) is 3.19. The highest BCUT2D eigenvalue weighted by Gasteiger charge is 2.18. The lowest BCUT2D eigenvalue weighted by molar-refractivity contribution is 0.501. The number of rotatable bonds is 1. The van der Waals surface area contributed by atoms with Gasteiger partial charge in [0.05, 0.1) is 0 Å². The fourth-order valence-electron chi connectivity index (χ4n) is 1.70. The van der Waals surface area contributed by atoms with Crippen LogP contribution in [0.15, 0.2) is 0 Å². The Morgan fingerprint density at radius 2 is 2.12 bits per heavy atom. The average molecular weight is 112 g/mol. The fraction of sp³-hybridized carbons (Fsp3) is 1.00. The Hall–Kier alpha value is 0. The average Bonchev–Trinajstić information content (AvgIpc) is 2.14. The van der Waals surface area contributed by atoms with Crippen LogP contribution in [0.2, 0.25) is 0 Å². The lowest BCUT2D eigenvalue weighted by atomic mass is 10.0. The van der Waals surface area contributed by atoms with Crippen LogP contribution < -0.4 is 0 Å². The van der Waals surface area contributed by atoms with E-state index in [2.05, 4.69) is 13.8 Å². The topological polar surface area (TPSA) is 0 Å². The van der Waals surface area contributed by atoms with E-state index in [1.165, 1.54) is 25.7 Å². The molecule has 8 heavy (non-hydrogen) atoms. The van der Waals surface area contributed by atoms with Crippen molar-refractivity contribution in [2.45, 2.75) is 39.5 Å². The molecule has 0 N–H and O–H groups in total. The van der Waals surface area contributed by atoms with Gasteiger partial charge in [-0.25, -0.2) is 0 Å². The molecule has 0 nitrogen and oxygen atoms in total. The molecule has 1 unspecified atom stereocenters. The summed E-state index contributed by atoms with van der Waals surface area (Å²) >= 11 is 0. The minimum absolute atomic E-state index is 1.03. The Kier molecular flexibility index (Phi) is 1.93. The van der Waals surface area contributed by atoms with Gasteiger partial charge >= 0.3 is 0 Å². The minimum atomic E-state index is 1.03. The molecule has 1 aliphatic carbocycles. The molecule has 0 radical (unpaired) electrons. The van der Waals surface area contributed by atoms with E-state index in [0.29, 0.717) is 0 Å². The van der Waals surface area contributed by atoms with Gasteiger partial charge in [0.2, 0.25) is 0 Å². The third kappa shape index (κ3) is 1.24. The molecule has 1 fully saturated rings. The van der Waals surface area contributed by atoms with E-state index in [0.717, 1.165) is 11.8 Å². The maximum atomic E-state index is 2.37. The van der Waals surface area contributed by atoms with Crippen LogP contribution in [0.3, 0.4) is 0 Å². The van der Waals surface area contributed by atoms with Gasteiger partial charge in [-0.15, -0.1) is 0 Å². The summed E-state index contributed by atoms with van der Waals surface area (Å²) in [6, 6.07) is 0. The highest BCUT2D eigenvalue weighted by molar-refractivity contribution is 4.70. The van der Waals surface area contributed by atoms with Crippen molar-refractivity contribution in [1.29, 1.82) is 0 Å². The summed E-state index contributed by atoms with van der Waals surface area (Å²) in [6.45, 7) is 4.68. The van der Waals surface area contributed by atoms with Crippen molar-refractivity contribution in [2.24, 2.45) is 11.8 Å². The van der Waals surface area contributed by atoms with Crippen LogP contribution in [0.25, 0.3) is 0 Å². The molecule has 0 bridgehead atoms. The molecule has 0 amide bonds. The van der Waals surface area contributed by atoms with E-state index in [9.17, 15) is 0 Å². The third-order valence-electron chi connectivity index (χ3n) is 2.38. The van der Waals surface area contributed by atoms with Crippen LogP contribution in [0.1, 0.15) is 39.5 Å². The first-order valence-corrected chi connectivity index (χ1v) is 3.83. The van der Waals surface area contributed by atoms with Crippen LogP contribution in [-0.4, -0.2) is 0 Å². The maximum absolute atomic E-state index is 2.37. The molecule has 2 atom stereocenters. The standard InChI is InChI=1S/C8H16/c1-3-8-5-4-7(2)6-8/h7-8H,3-6H2,1-2H3/t7?,8-/m0/s1. The zero-order valence-corrected chi connectivity index (χ0v) is 5.98. The van der Waals surface area contributed by atoms with Crippen LogP contribution in [0.4, 0.5) is 0 Å². The fourth-order valence-corrected chi connectivity index (χ4v) is 1.70. The number of hydrogen-bond donors (Lipinski definition) is 0. The van der Waals surface area contributed by atoms with Crippen LogP contribution in [0.5, 0.6) is 0 Å². The number of hydrogen-bond acceptors (Lipinski definition) is 0. The van der Waals surface area contributed by atoms with Crippen LogP contribution in [-0.2, 0) is 0 Å². The predicted molar refractivity (Wildman–Crippen MR) is 36.8 cm³/mol. The molecule has 0 aromatic rings. The quantitative estimate of drug-likeness (QED) is 0.489. The first kappa shape index (κ1) is 6.12. The van der Waals surface area contributed by atoms with E-state index in [1.807, 2.05) is 0 Å². The molecule has 0 aromatic heterocycles. The summed E-state index contributed by atoms with van der Waals surface area (Å²) in [6.07, 6.45) is 5.89. The Balaban J connectivity index is 2.22. The van der Waals surface area contributed by atoms with E-state index < -0.39 is 0 Å². The smallest absolute Gasteiger partial charge is 0.0414 e. The second kappa shape index (κ2) is 2.52. The van der Waals surface area contributed by atoms with Gasteiger partial charge in [0.1, 0.15) is 0 Å². The van der Waals surface area contributed by atoms with Crippen molar-refractivity contribution in [3.05, 3.63) is 0 Å². The molecule has 0 spiro atoms. The molecule has 48 valence electrons. The van der Waals surface area contributed by atoms with Crippen molar-refractivity contribution in [2.75, 3.05) is 0 Å². The summed E-state index contributed by atoms with van der Waals surface area (Å²) in [7, 11) is 0. The monoisotopic (exact) mass is 112 g/mol. The molecule has 0 aliphatic heterocycles. The summed E-state index contributed by atoms with van der Waals surface area (Å²) in [5.41, 5.74) is 0. The largest absolute Gasteiger partial charge is 0.0651 e. The Labute approximate surface area is 52.3 Å². The molecule has 1 saturated carbocycles. The highest BCUT2D eigenvalue weighted by Crippen LogP contribution is 2.31. The normalized spacial score (nSPS) is 38.2. The van der Waals surface area contributed by atoms with Gasteiger partial charge in [0, 0.05) is 0 Å². The Morgan fingerprint density at radius 1 is 1.38 bits per heavy atom. The van der Waals surface area contributed by atoms with Crippen molar-refractivity contribution < 1.29 is 0 Å². The first-order chi connectivity index (χ1) is 3.83. The van der Waals surface area contributed by atoms with Crippen molar-refractivity contribution >= 4 is 0 Å². The Bertz CT molecular complexity index is 66.4. The molecule has 0 heteroatoms. The zero-order valence-electron chi connectivity index (χ0n) is 5.98. The lowest BCUT2D eigenvalue weighted by Crippen LogP contribution is -1.89. The second-order valence-corrected chi connectivity index (χ2v) is 3.19. The molecule has 0 aromatic carbocycles. The van der Waals surface area contributed by atoms with Crippen molar-refractivity contribution in [3.8, 4) is 0 Å². The molecular formula is C8H16. The third-order valence-corrected chi connectivity index (χ3v) is 2.38. The summed E-state index contributed by atoms with van der Waals surface area (Å²) in [5.74, 6) is 2.10. The van der Waals surface area contributed by atoms with Crippen LogP contribution in [0, 0.1) is 11.8 Å². The van der Waals surface area contributed by atoms with E-state index in [-0.39, 0.29) is 0 Å². The maximum Gasteiger partial charge on any atom is -0.0414 e. The van der Waals surface area contributed by atoms with E-state index >= 15 is 0 Å².